The molecule has 1 amide bonds. The third-order valence-corrected chi connectivity index (χ3v) is 4.04. The number of nitrogens with two attached hydrogens (primary N) is 1. The van der Waals surface area contributed by atoms with Crippen molar-refractivity contribution in [2.45, 2.75) is 65.5 Å². The van der Waals surface area contributed by atoms with Crippen LogP contribution in [0.4, 0.5) is 0 Å². The first-order valence-electron chi connectivity index (χ1n) is 7.75. The monoisotopic (exact) mass is 295 g/mol. The molecule has 0 bridgehead atoms. The van der Waals surface area contributed by atoms with Crippen LogP contribution in [0.25, 0.3) is 0 Å². The van der Waals surface area contributed by atoms with E-state index < -0.39 is 11.7 Å². The van der Waals surface area contributed by atoms with E-state index >= 15 is 0 Å². The predicted molar refractivity (Wildman–Crippen MR) is 84.5 cm³/mol. The maximum Gasteiger partial charge on any atom is 0.241 e. The van der Waals surface area contributed by atoms with Crippen molar-refractivity contribution < 1.29 is 14.3 Å². The molecule has 1 aliphatic rings. The van der Waals surface area contributed by atoms with Crippen LogP contribution in [0, 0.1) is 11.8 Å². The Labute approximate surface area is 128 Å². The van der Waals surface area contributed by atoms with E-state index in [1.54, 1.807) is 6.08 Å². The van der Waals surface area contributed by atoms with E-state index in [2.05, 4.69) is 20.8 Å². The van der Waals surface area contributed by atoms with E-state index in [-0.39, 0.29) is 12.2 Å². The van der Waals surface area contributed by atoms with Gasteiger partial charge in [-0.3, -0.25) is 4.79 Å². The van der Waals surface area contributed by atoms with Gasteiger partial charge in [-0.2, -0.15) is 0 Å². The highest BCUT2D eigenvalue weighted by atomic mass is 16.7. The second-order valence-corrected chi connectivity index (χ2v) is 6.31. The fourth-order valence-electron chi connectivity index (χ4n) is 2.72. The van der Waals surface area contributed by atoms with Gasteiger partial charge >= 0.3 is 0 Å². The Morgan fingerprint density at radius 2 is 2.00 bits per heavy atom. The van der Waals surface area contributed by atoms with Gasteiger partial charge in [0.1, 0.15) is 0 Å². The van der Waals surface area contributed by atoms with Crippen molar-refractivity contribution in [3.8, 4) is 0 Å². The molecule has 1 heterocycles. The van der Waals surface area contributed by atoms with Gasteiger partial charge < -0.3 is 15.2 Å². The Morgan fingerprint density at radius 1 is 1.33 bits per heavy atom. The molecular formula is C17H29NO3. The molecule has 4 heteroatoms. The van der Waals surface area contributed by atoms with E-state index in [1.807, 2.05) is 26.0 Å². The molecule has 21 heavy (non-hydrogen) atoms. The van der Waals surface area contributed by atoms with Crippen molar-refractivity contribution in [2.75, 3.05) is 0 Å². The number of hydrogen-bond acceptors (Lipinski definition) is 3. The molecule has 1 aliphatic heterocycles. The van der Waals surface area contributed by atoms with Crippen molar-refractivity contribution in [1.82, 2.24) is 0 Å². The van der Waals surface area contributed by atoms with Crippen LogP contribution in [-0.4, -0.2) is 23.9 Å². The summed E-state index contributed by atoms with van der Waals surface area (Å²) in [6.07, 6.45) is 9.06. The molecule has 0 unspecified atom stereocenters. The lowest BCUT2D eigenvalue weighted by Crippen LogP contribution is -2.52. The average Bonchev–Trinajstić information content (AvgIpc) is 2.40. The molecular weight excluding hydrogens is 266 g/mol. The smallest absolute Gasteiger partial charge is 0.241 e. The SMILES string of the molecule is CC[C@@H](C)[C@@H]1OC(C)(C)O[C@@H](C/C=C/C=C/C(N)=O)[C@H]1C. The molecule has 4 atom stereocenters. The van der Waals surface area contributed by atoms with Crippen LogP contribution in [0.5, 0.6) is 0 Å². The first-order valence-corrected chi connectivity index (χ1v) is 7.75. The summed E-state index contributed by atoms with van der Waals surface area (Å²) in [6, 6.07) is 0. The molecule has 1 rings (SSSR count). The van der Waals surface area contributed by atoms with Crippen molar-refractivity contribution in [1.29, 1.82) is 0 Å². The first-order chi connectivity index (χ1) is 9.76. The Bertz CT molecular complexity index is 401. The zero-order chi connectivity index (χ0) is 16.0. The fraction of sp³-hybridized carbons (Fsp3) is 0.706. The van der Waals surface area contributed by atoms with Gasteiger partial charge in [0.2, 0.25) is 5.91 Å². The van der Waals surface area contributed by atoms with Crippen molar-refractivity contribution >= 4 is 5.91 Å². The van der Waals surface area contributed by atoms with E-state index in [4.69, 9.17) is 15.2 Å². The minimum Gasteiger partial charge on any atom is -0.366 e. The fourth-order valence-corrected chi connectivity index (χ4v) is 2.72. The predicted octanol–water partition coefficient (Wildman–Crippen LogP) is 3.18. The maximum atomic E-state index is 10.6. The maximum absolute atomic E-state index is 10.6. The number of ether oxygens (including phenoxy) is 2. The summed E-state index contributed by atoms with van der Waals surface area (Å²) in [6.45, 7) is 10.5. The molecule has 0 aliphatic carbocycles. The van der Waals surface area contributed by atoms with Gasteiger partial charge in [0, 0.05) is 12.0 Å². The molecule has 2 N–H and O–H groups in total. The highest BCUT2D eigenvalue weighted by Gasteiger charge is 2.41. The third kappa shape index (κ3) is 5.64. The largest absolute Gasteiger partial charge is 0.366 e. The number of carbonyl (C=O) groups excluding carboxylic acids is 1. The van der Waals surface area contributed by atoms with Crippen LogP contribution in [0.15, 0.2) is 24.3 Å². The van der Waals surface area contributed by atoms with Crippen LogP contribution in [0.2, 0.25) is 0 Å². The standard InChI is InChI=1S/C17H29NO3/c1-6-12(2)16-13(3)14(20-17(4,5)21-16)10-8-7-9-11-15(18)19/h7-9,11-14,16H,6,10H2,1-5H3,(H2,18,19)/b8-7+,11-9+/t12-,13-,14+,16+/m1/s1. The molecule has 0 spiro atoms. The topological polar surface area (TPSA) is 61.6 Å². The molecule has 0 saturated carbocycles. The van der Waals surface area contributed by atoms with E-state index in [0.29, 0.717) is 11.8 Å². The molecule has 0 aromatic heterocycles. The number of allylic oxidation sites excluding steroid dienone is 2. The van der Waals surface area contributed by atoms with Gasteiger partial charge in [-0.25, -0.2) is 0 Å². The van der Waals surface area contributed by atoms with Crippen molar-refractivity contribution in [3.05, 3.63) is 24.3 Å². The number of rotatable bonds is 6. The Hall–Kier alpha value is -1.13. The number of carbonyl (C=O) groups is 1. The Morgan fingerprint density at radius 3 is 2.57 bits per heavy atom. The quantitative estimate of drug-likeness (QED) is 0.604. The van der Waals surface area contributed by atoms with E-state index in [1.165, 1.54) is 6.08 Å². The molecule has 1 fully saturated rings. The minimum atomic E-state index is -0.553. The number of hydrogen-bond donors (Lipinski definition) is 1. The second-order valence-electron chi connectivity index (χ2n) is 6.31. The lowest BCUT2D eigenvalue weighted by atomic mass is 9.85. The normalized spacial score (nSPS) is 30.8. The number of amides is 1. The van der Waals surface area contributed by atoms with Crippen molar-refractivity contribution in [2.24, 2.45) is 17.6 Å². The zero-order valence-corrected chi connectivity index (χ0v) is 13.8. The van der Waals surface area contributed by atoms with Crippen LogP contribution >= 0.6 is 0 Å². The van der Waals surface area contributed by atoms with Crippen molar-refractivity contribution in [3.63, 3.8) is 0 Å². The molecule has 4 nitrogen and oxygen atoms in total. The lowest BCUT2D eigenvalue weighted by Gasteiger charge is -2.46. The molecule has 0 aromatic rings. The summed E-state index contributed by atoms with van der Waals surface area (Å²) in [4.78, 5) is 10.6. The van der Waals surface area contributed by atoms with Gasteiger partial charge in [0.05, 0.1) is 12.2 Å². The summed E-state index contributed by atoms with van der Waals surface area (Å²) in [7, 11) is 0. The van der Waals surface area contributed by atoms with Gasteiger partial charge in [-0.05, 0) is 26.2 Å². The highest BCUT2D eigenvalue weighted by Crippen LogP contribution is 2.36. The van der Waals surface area contributed by atoms with Gasteiger partial charge in [-0.15, -0.1) is 0 Å². The molecule has 0 aromatic carbocycles. The van der Waals surface area contributed by atoms with Crippen LogP contribution in [0.1, 0.15) is 47.5 Å². The first kappa shape index (κ1) is 17.9. The van der Waals surface area contributed by atoms with Crippen LogP contribution < -0.4 is 5.73 Å². The summed E-state index contributed by atoms with van der Waals surface area (Å²) in [5, 5.41) is 0. The Kier molecular flexibility index (Phi) is 6.62. The third-order valence-electron chi connectivity index (χ3n) is 4.04. The van der Waals surface area contributed by atoms with Gasteiger partial charge in [0.25, 0.3) is 0 Å². The lowest BCUT2D eigenvalue weighted by molar-refractivity contribution is -0.326. The summed E-state index contributed by atoms with van der Waals surface area (Å²) in [5.74, 6) is -0.155. The molecule has 1 saturated heterocycles. The van der Waals surface area contributed by atoms with Gasteiger partial charge in [-0.1, -0.05) is 45.4 Å². The summed E-state index contributed by atoms with van der Waals surface area (Å²) < 4.78 is 12.2. The molecule has 120 valence electrons. The minimum absolute atomic E-state index is 0.117. The Balaban J connectivity index is 2.69. The average molecular weight is 295 g/mol. The van der Waals surface area contributed by atoms with Crippen LogP contribution in [0.3, 0.4) is 0 Å². The van der Waals surface area contributed by atoms with E-state index in [9.17, 15) is 4.79 Å². The van der Waals surface area contributed by atoms with E-state index in [0.717, 1.165) is 12.8 Å². The summed E-state index contributed by atoms with van der Waals surface area (Å²) >= 11 is 0. The molecule has 0 radical (unpaired) electrons. The number of primary amides is 1. The second kappa shape index (κ2) is 7.76. The van der Waals surface area contributed by atoms with Gasteiger partial charge in [0.15, 0.2) is 5.79 Å². The highest BCUT2D eigenvalue weighted by molar-refractivity contribution is 5.85. The van der Waals surface area contributed by atoms with Crippen LogP contribution in [-0.2, 0) is 14.3 Å². The summed E-state index contributed by atoms with van der Waals surface area (Å²) in [5.41, 5.74) is 5.04. The zero-order valence-electron chi connectivity index (χ0n) is 13.8.